The largest absolute Gasteiger partial charge is 0.361 e. The minimum Gasteiger partial charge on any atom is -0.356 e. The van der Waals surface area contributed by atoms with Crippen LogP contribution in [0.25, 0.3) is 0 Å². The number of aromatic nitrogens is 7. The van der Waals surface area contributed by atoms with Crippen molar-refractivity contribution in [3.8, 4) is 0 Å². The number of anilines is 2. The maximum Gasteiger partial charge on any atom is 0.361 e. The highest BCUT2D eigenvalue weighted by molar-refractivity contribution is 5.60. The summed E-state index contributed by atoms with van der Waals surface area (Å²) < 4.78 is 3.24. The van der Waals surface area contributed by atoms with Gasteiger partial charge in [-0.15, -0.1) is 0 Å². The van der Waals surface area contributed by atoms with Crippen molar-refractivity contribution < 1.29 is 0 Å². The van der Waals surface area contributed by atoms with Gasteiger partial charge in [-0.3, -0.25) is 0 Å². The molecule has 0 aliphatic rings. The molecule has 2 aromatic heterocycles. The summed E-state index contributed by atoms with van der Waals surface area (Å²) in [7, 11) is 0. The van der Waals surface area contributed by atoms with Gasteiger partial charge in [0.2, 0.25) is 0 Å². The number of aromatic amines is 1. The van der Waals surface area contributed by atoms with Crippen molar-refractivity contribution in [2.24, 2.45) is 5.92 Å². The second-order valence-corrected chi connectivity index (χ2v) is 7.50. The third-order valence-electron chi connectivity index (χ3n) is 5.58. The van der Waals surface area contributed by atoms with Crippen molar-refractivity contribution in [3.05, 3.63) is 82.8 Å². The van der Waals surface area contributed by atoms with Crippen LogP contribution in [0.3, 0.4) is 0 Å². The van der Waals surface area contributed by atoms with E-state index in [1.165, 1.54) is 10.2 Å². The first-order chi connectivity index (χ1) is 15.2. The molecule has 0 aliphatic carbocycles. The van der Waals surface area contributed by atoms with Crippen molar-refractivity contribution >= 4 is 11.4 Å². The average Bonchev–Trinajstić information content (AvgIpc) is 3.46. The Morgan fingerprint density at radius 3 is 2.23 bits per heavy atom. The molecule has 31 heavy (non-hydrogen) atoms. The molecule has 0 radical (unpaired) electrons. The molecule has 0 fully saturated rings. The molecule has 2 aromatic carbocycles. The van der Waals surface area contributed by atoms with E-state index in [2.05, 4.69) is 69.0 Å². The van der Waals surface area contributed by atoms with Gasteiger partial charge in [0.1, 0.15) is 12.7 Å². The molecule has 2 heterocycles. The van der Waals surface area contributed by atoms with Gasteiger partial charge in [-0.2, -0.15) is 9.78 Å². The van der Waals surface area contributed by atoms with Crippen LogP contribution >= 0.6 is 0 Å². The molecule has 4 rings (SSSR count). The maximum absolute atomic E-state index is 11.5. The van der Waals surface area contributed by atoms with Gasteiger partial charge in [-0.25, -0.2) is 19.6 Å². The molecule has 0 spiro atoms. The zero-order chi connectivity index (χ0) is 21.6. The Morgan fingerprint density at radius 2 is 1.68 bits per heavy atom. The Balaban J connectivity index is 1.46. The number of rotatable bonds is 9. The molecule has 0 bridgehead atoms. The Hall–Kier alpha value is -3.75. The van der Waals surface area contributed by atoms with Crippen LogP contribution in [-0.2, 0) is 6.54 Å². The molecule has 0 amide bonds. The second-order valence-electron chi connectivity index (χ2n) is 7.50. The number of hydrogen-bond acceptors (Lipinski definition) is 6. The summed E-state index contributed by atoms with van der Waals surface area (Å²) in [5.41, 5.74) is 3.85. The van der Waals surface area contributed by atoms with Crippen LogP contribution in [-0.4, -0.2) is 35.0 Å². The molecule has 0 saturated carbocycles. The minimum absolute atomic E-state index is 0.172. The predicted octanol–water partition coefficient (Wildman–Crippen LogP) is 3.38. The highest BCUT2D eigenvalue weighted by atomic mass is 16.2. The first-order valence-electron chi connectivity index (χ1n) is 10.5. The van der Waals surface area contributed by atoms with E-state index in [-0.39, 0.29) is 11.7 Å². The predicted molar refractivity (Wildman–Crippen MR) is 118 cm³/mol. The van der Waals surface area contributed by atoms with Crippen LogP contribution in [0.2, 0.25) is 0 Å². The maximum atomic E-state index is 11.5. The van der Waals surface area contributed by atoms with Crippen molar-refractivity contribution in [3.63, 3.8) is 0 Å². The highest BCUT2D eigenvalue weighted by Crippen LogP contribution is 2.31. The molecular formula is C22H26N8O. The Bertz CT molecular complexity index is 1130. The fourth-order valence-corrected chi connectivity index (χ4v) is 3.85. The standard InChI is InChI=1S/C22H26N8O/c1-3-17(4-2)21(30-15-23-14-24-30)18-7-11-20(12-8-18)25-19-9-5-16(6-10-19)13-29-22(31)26-27-28-29/h5-12,14-15,17,21,25H,3-4,13H2,1-2H3,(H,26,28,31). The van der Waals surface area contributed by atoms with Gasteiger partial charge in [0.25, 0.3) is 0 Å². The lowest BCUT2D eigenvalue weighted by molar-refractivity contribution is 0.332. The molecule has 9 nitrogen and oxygen atoms in total. The smallest absolute Gasteiger partial charge is 0.356 e. The zero-order valence-electron chi connectivity index (χ0n) is 17.6. The number of nitrogens with zero attached hydrogens (tertiary/aromatic N) is 6. The molecule has 160 valence electrons. The van der Waals surface area contributed by atoms with Crippen LogP contribution in [0.15, 0.2) is 66.0 Å². The average molecular weight is 419 g/mol. The van der Waals surface area contributed by atoms with Crippen LogP contribution < -0.4 is 11.0 Å². The fraction of sp³-hybridized carbons (Fsp3) is 0.318. The number of hydrogen-bond donors (Lipinski definition) is 2. The Labute approximate surface area is 180 Å². The lowest BCUT2D eigenvalue weighted by atomic mass is 9.89. The fourth-order valence-electron chi connectivity index (χ4n) is 3.85. The van der Waals surface area contributed by atoms with E-state index in [0.717, 1.165) is 29.8 Å². The summed E-state index contributed by atoms with van der Waals surface area (Å²) >= 11 is 0. The Kier molecular flexibility index (Phi) is 6.21. The summed E-state index contributed by atoms with van der Waals surface area (Å²) in [6.45, 7) is 4.82. The Morgan fingerprint density at radius 1 is 1.00 bits per heavy atom. The zero-order valence-corrected chi connectivity index (χ0v) is 17.6. The van der Waals surface area contributed by atoms with E-state index < -0.39 is 0 Å². The van der Waals surface area contributed by atoms with E-state index in [4.69, 9.17) is 0 Å². The van der Waals surface area contributed by atoms with Crippen LogP contribution in [0.5, 0.6) is 0 Å². The second kappa shape index (κ2) is 9.38. The minimum atomic E-state index is -0.320. The third kappa shape index (κ3) is 4.71. The lowest BCUT2D eigenvalue weighted by Crippen LogP contribution is -2.20. The van der Waals surface area contributed by atoms with Crippen molar-refractivity contribution in [1.82, 2.24) is 35.0 Å². The SMILES string of the molecule is CCC(CC)C(c1ccc(Nc2ccc(Cn3nn[nH]c3=O)cc2)cc1)n1cncn1. The molecular weight excluding hydrogens is 392 g/mol. The van der Waals surface area contributed by atoms with Gasteiger partial charge in [0, 0.05) is 11.4 Å². The van der Waals surface area contributed by atoms with E-state index in [9.17, 15) is 4.79 Å². The summed E-state index contributed by atoms with van der Waals surface area (Å²) in [6.07, 6.45) is 5.54. The van der Waals surface area contributed by atoms with Crippen LogP contribution in [0.4, 0.5) is 11.4 Å². The van der Waals surface area contributed by atoms with Gasteiger partial charge in [0.05, 0.1) is 12.6 Å². The van der Waals surface area contributed by atoms with Crippen molar-refractivity contribution in [1.29, 1.82) is 0 Å². The number of H-pyrrole nitrogens is 1. The van der Waals surface area contributed by atoms with E-state index in [1.807, 2.05) is 28.9 Å². The van der Waals surface area contributed by atoms with Gasteiger partial charge >= 0.3 is 5.69 Å². The van der Waals surface area contributed by atoms with Crippen molar-refractivity contribution in [2.45, 2.75) is 39.3 Å². The van der Waals surface area contributed by atoms with Gasteiger partial charge in [-0.05, 0) is 51.7 Å². The summed E-state index contributed by atoms with van der Waals surface area (Å²) in [4.78, 5) is 15.7. The molecule has 0 aliphatic heterocycles. The quantitative estimate of drug-likeness (QED) is 0.432. The lowest BCUT2D eigenvalue weighted by Gasteiger charge is -2.26. The molecule has 1 atom stereocenters. The van der Waals surface area contributed by atoms with Gasteiger partial charge < -0.3 is 5.32 Å². The number of benzene rings is 2. The summed E-state index contributed by atoms with van der Waals surface area (Å²) in [6, 6.07) is 16.5. The highest BCUT2D eigenvalue weighted by Gasteiger charge is 2.23. The van der Waals surface area contributed by atoms with E-state index >= 15 is 0 Å². The molecule has 0 saturated heterocycles. The third-order valence-corrected chi connectivity index (χ3v) is 5.58. The van der Waals surface area contributed by atoms with E-state index in [0.29, 0.717) is 12.5 Å². The van der Waals surface area contributed by atoms with Crippen LogP contribution in [0.1, 0.15) is 43.9 Å². The normalized spacial score (nSPS) is 12.2. The monoisotopic (exact) mass is 418 g/mol. The molecule has 1 unspecified atom stereocenters. The molecule has 4 aromatic rings. The topological polar surface area (TPSA) is 106 Å². The van der Waals surface area contributed by atoms with Gasteiger partial charge in [0.15, 0.2) is 0 Å². The van der Waals surface area contributed by atoms with Crippen LogP contribution in [0, 0.1) is 5.92 Å². The van der Waals surface area contributed by atoms with Gasteiger partial charge in [-0.1, -0.05) is 51.0 Å². The summed E-state index contributed by atoms with van der Waals surface area (Å²) in [5.74, 6) is 0.491. The van der Waals surface area contributed by atoms with Crippen molar-refractivity contribution in [2.75, 3.05) is 5.32 Å². The number of tetrazole rings is 1. The molecule has 9 heteroatoms. The number of nitrogens with one attached hydrogen (secondary N) is 2. The summed E-state index contributed by atoms with van der Waals surface area (Å²) in [5, 5.41) is 17.4. The van der Waals surface area contributed by atoms with E-state index in [1.54, 1.807) is 12.7 Å². The molecule has 2 N–H and O–H groups in total. The first kappa shape index (κ1) is 20.5. The first-order valence-corrected chi connectivity index (χ1v) is 10.5.